The van der Waals surface area contributed by atoms with Crippen LogP contribution in [0.3, 0.4) is 0 Å². The van der Waals surface area contributed by atoms with Crippen LogP contribution in [0.5, 0.6) is 0 Å². The van der Waals surface area contributed by atoms with Crippen molar-refractivity contribution in [1.29, 1.82) is 0 Å². The molecule has 3 N–H and O–H groups in total. The summed E-state index contributed by atoms with van der Waals surface area (Å²) in [5.41, 5.74) is 7.74. The number of hydrogen-bond acceptors (Lipinski definition) is 2. The summed E-state index contributed by atoms with van der Waals surface area (Å²) in [7, 11) is 0. The highest BCUT2D eigenvalue weighted by atomic mass is 16.1. The standard InChI is InChI=1S/C13H20N2O/c1-4-11-7-5-6-8-12(11)15-13(16)9(2)10(3)14/h5-10H,4,14H2,1-3H3,(H,15,16). The van der Waals surface area contributed by atoms with Crippen LogP contribution in [0.2, 0.25) is 0 Å². The first kappa shape index (κ1) is 12.7. The maximum atomic E-state index is 11.8. The van der Waals surface area contributed by atoms with Gasteiger partial charge in [-0.15, -0.1) is 0 Å². The van der Waals surface area contributed by atoms with Crippen LogP contribution >= 0.6 is 0 Å². The second kappa shape index (κ2) is 5.66. The van der Waals surface area contributed by atoms with Crippen LogP contribution in [-0.2, 0) is 11.2 Å². The number of nitrogens with one attached hydrogen (secondary N) is 1. The van der Waals surface area contributed by atoms with E-state index < -0.39 is 0 Å². The van der Waals surface area contributed by atoms with E-state index in [4.69, 9.17) is 5.73 Å². The van der Waals surface area contributed by atoms with Crippen molar-refractivity contribution in [2.45, 2.75) is 33.2 Å². The molecule has 0 aliphatic heterocycles. The number of benzene rings is 1. The Morgan fingerprint density at radius 2 is 2.00 bits per heavy atom. The van der Waals surface area contributed by atoms with Gasteiger partial charge in [-0.25, -0.2) is 0 Å². The molecule has 0 saturated heterocycles. The van der Waals surface area contributed by atoms with Gasteiger partial charge in [0.1, 0.15) is 0 Å². The van der Waals surface area contributed by atoms with Crippen LogP contribution in [0.1, 0.15) is 26.3 Å². The molecule has 0 aromatic heterocycles. The maximum Gasteiger partial charge on any atom is 0.228 e. The molecule has 0 saturated carbocycles. The fourth-order valence-electron chi connectivity index (χ4n) is 1.44. The van der Waals surface area contributed by atoms with Crippen molar-refractivity contribution in [2.75, 3.05) is 5.32 Å². The van der Waals surface area contributed by atoms with E-state index in [2.05, 4.69) is 12.2 Å². The second-order valence-electron chi connectivity index (χ2n) is 4.15. The van der Waals surface area contributed by atoms with E-state index in [1.807, 2.05) is 38.1 Å². The van der Waals surface area contributed by atoms with E-state index in [0.29, 0.717) is 0 Å². The molecule has 3 heteroatoms. The van der Waals surface area contributed by atoms with E-state index >= 15 is 0 Å². The van der Waals surface area contributed by atoms with E-state index in [-0.39, 0.29) is 17.9 Å². The first-order chi connectivity index (χ1) is 7.56. The molecule has 1 aromatic rings. The van der Waals surface area contributed by atoms with Crippen molar-refractivity contribution in [3.05, 3.63) is 29.8 Å². The molecule has 2 unspecified atom stereocenters. The lowest BCUT2D eigenvalue weighted by molar-refractivity contribution is -0.119. The van der Waals surface area contributed by atoms with Crippen molar-refractivity contribution < 1.29 is 4.79 Å². The minimum atomic E-state index is -0.176. The van der Waals surface area contributed by atoms with Gasteiger partial charge >= 0.3 is 0 Å². The highest BCUT2D eigenvalue weighted by molar-refractivity contribution is 5.93. The molecular weight excluding hydrogens is 200 g/mol. The summed E-state index contributed by atoms with van der Waals surface area (Å²) in [5, 5.41) is 2.92. The molecule has 16 heavy (non-hydrogen) atoms. The highest BCUT2D eigenvalue weighted by Crippen LogP contribution is 2.16. The van der Waals surface area contributed by atoms with Gasteiger partial charge in [-0.05, 0) is 25.0 Å². The van der Waals surface area contributed by atoms with Crippen LogP contribution in [0.4, 0.5) is 5.69 Å². The average Bonchev–Trinajstić information content (AvgIpc) is 2.28. The van der Waals surface area contributed by atoms with Crippen molar-refractivity contribution in [2.24, 2.45) is 11.7 Å². The Kier molecular flexibility index (Phi) is 4.50. The summed E-state index contributed by atoms with van der Waals surface area (Å²) in [4.78, 5) is 11.8. The van der Waals surface area contributed by atoms with Gasteiger partial charge in [0.25, 0.3) is 0 Å². The van der Waals surface area contributed by atoms with Gasteiger partial charge in [0.05, 0.1) is 5.92 Å². The van der Waals surface area contributed by atoms with Crippen molar-refractivity contribution in [1.82, 2.24) is 0 Å². The number of carbonyl (C=O) groups excluding carboxylic acids is 1. The smallest absolute Gasteiger partial charge is 0.228 e. The van der Waals surface area contributed by atoms with Gasteiger partial charge in [-0.3, -0.25) is 4.79 Å². The third-order valence-corrected chi connectivity index (χ3v) is 2.86. The van der Waals surface area contributed by atoms with Crippen LogP contribution in [0, 0.1) is 5.92 Å². The second-order valence-corrected chi connectivity index (χ2v) is 4.15. The Bertz CT molecular complexity index is 361. The average molecular weight is 220 g/mol. The predicted molar refractivity (Wildman–Crippen MR) is 67.3 cm³/mol. The van der Waals surface area contributed by atoms with Gasteiger partial charge in [-0.1, -0.05) is 32.0 Å². The van der Waals surface area contributed by atoms with Crippen molar-refractivity contribution in [3.63, 3.8) is 0 Å². The molecule has 1 amide bonds. The first-order valence-electron chi connectivity index (χ1n) is 5.70. The van der Waals surface area contributed by atoms with Crippen LogP contribution < -0.4 is 11.1 Å². The van der Waals surface area contributed by atoms with Gasteiger partial charge in [0.2, 0.25) is 5.91 Å². The summed E-state index contributed by atoms with van der Waals surface area (Å²) >= 11 is 0. The number of anilines is 1. The SMILES string of the molecule is CCc1ccccc1NC(=O)C(C)C(C)N. The molecule has 0 heterocycles. The number of aryl methyl sites for hydroxylation is 1. The zero-order valence-electron chi connectivity index (χ0n) is 10.2. The van der Waals surface area contributed by atoms with Gasteiger partial charge in [-0.2, -0.15) is 0 Å². The lowest BCUT2D eigenvalue weighted by Gasteiger charge is -2.16. The molecule has 0 bridgehead atoms. The summed E-state index contributed by atoms with van der Waals surface area (Å²) in [6, 6.07) is 7.71. The third-order valence-electron chi connectivity index (χ3n) is 2.86. The molecule has 0 fully saturated rings. The maximum absolute atomic E-state index is 11.8. The highest BCUT2D eigenvalue weighted by Gasteiger charge is 2.17. The minimum absolute atomic E-state index is 0.0177. The number of amides is 1. The molecule has 1 aromatic carbocycles. The molecular formula is C13H20N2O. The molecule has 88 valence electrons. The van der Waals surface area contributed by atoms with Crippen LogP contribution in [-0.4, -0.2) is 11.9 Å². The fourth-order valence-corrected chi connectivity index (χ4v) is 1.44. The topological polar surface area (TPSA) is 55.1 Å². The fraction of sp³-hybridized carbons (Fsp3) is 0.462. The predicted octanol–water partition coefficient (Wildman–Crippen LogP) is 2.17. The summed E-state index contributed by atoms with van der Waals surface area (Å²) in [6.07, 6.45) is 0.906. The molecule has 2 atom stereocenters. The molecule has 0 radical (unpaired) electrons. The number of para-hydroxylation sites is 1. The molecule has 0 aliphatic carbocycles. The number of hydrogen-bond donors (Lipinski definition) is 2. The zero-order valence-corrected chi connectivity index (χ0v) is 10.2. The van der Waals surface area contributed by atoms with E-state index in [1.165, 1.54) is 0 Å². The lowest BCUT2D eigenvalue weighted by Crippen LogP contribution is -2.34. The van der Waals surface area contributed by atoms with Crippen molar-refractivity contribution in [3.8, 4) is 0 Å². The Hall–Kier alpha value is -1.35. The van der Waals surface area contributed by atoms with E-state index in [9.17, 15) is 4.79 Å². The summed E-state index contributed by atoms with van der Waals surface area (Å²) in [6.45, 7) is 5.75. The normalized spacial score (nSPS) is 14.2. The Morgan fingerprint density at radius 3 is 2.56 bits per heavy atom. The Balaban J connectivity index is 2.76. The number of carbonyl (C=O) groups is 1. The summed E-state index contributed by atoms with van der Waals surface area (Å²) in [5.74, 6) is -0.194. The molecule has 0 spiro atoms. The largest absolute Gasteiger partial charge is 0.327 e. The van der Waals surface area contributed by atoms with Crippen LogP contribution in [0.15, 0.2) is 24.3 Å². The van der Waals surface area contributed by atoms with E-state index in [1.54, 1.807) is 0 Å². The zero-order chi connectivity index (χ0) is 12.1. The lowest BCUT2D eigenvalue weighted by atomic mass is 10.0. The first-order valence-corrected chi connectivity index (χ1v) is 5.70. The quantitative estimate of drug-likeness (QED) is 0.817. The van der Waals surface area contributed by atoms with Gasteiger partial charge in [0, 0.05) is 11.7 Å². The summed E-state index contributed by atoms with van der Waals surface area (Å²) < 4.78 is 0. The minimum Gasteiger partial charge on any atom is -0.327 e. The van der Waals surface area contributed by atoms with Gasteiger partial charge < -0.3 is 11.1 Å². The monoisotopic (exact) mass is 220 g/mol. The molecule has 3 nitrogen and oxygen atoms in total. The van der Waals surface area contributed by atoms with E-state index in [0.717, 1.165) is 17.7 Å². The number of nitrogens with two attached hydrogens (primary N) is 1. The number of rotatable bonds is 4. The third kappa shape index (κ3) is 3.07. The molecule has 1 rings (SSSR count). The Morgan fingerprint density at radius 1 is 1.38 bits per heavy atom. The van der Waals surface area contributed by atoms with Crippen LogP contribution in [0.25, 0.3) is 0 Å². The van der Waals surface area contributed by atoms with Crippen molar-refractivity contribution >= 4 is 11.6 Å². The van der Waals surface area contributed by atoms with Gasteiger partial charge in [0.15, 0.2) is 0 Å². The molecule has 0 aliphatic rings. The Labute approximate surface area is 97.0 Å².